The molecule has 0 aliphatic carbocycles. The summed E-state index contributed by atoms with van der Waals surface area (Å²) >= 11 is 0. The molecule has 2 aliphatic heterocycles. The molecule has 136 valence electrons. The van der Waals surface area contributed by atoms with E-state index in [0.29, 0.717) is 31.1 Å². The summed E-state index contributed by atoms with van der Waals surface area (Å²) in [5, 5.41) is 7.01. The first-order valence-electron chi connectivity index (χ1n) is 8.44. The van der Waals surface area contributed by atoms with Crippen molar-refractivity contribution in [1.82, 2.24) is 10.2 Å². The van der Waals surface area contributed by atoms with Crippen LogP contribution in [0.2, 0.25) is 0 Å². The predicted molar refractivity (Wildman–Crippen MR) is 105 cm³/mol. The Morgan fingerprint density at radius 3 is 2.46 bits per heavy atom. The maximum absolute atomic E-state index is 12.4. The van der Waals surface area contributed by atoms with Crippen molar-refractivity contribution < 1.29 is 4.79 Å². The topological polar surface area (TPSA) is 44.4 Å². The average Bonchev–Trinajstić information content (AvgIpc) is 2.86. The van der Waals surface area contributed by atoms with Gasteiger partial charge in [-0.2, -0.15) is 0 Å². The molecule has 2 unspecified atom stereocenters. The van der Waals surface area contributed by atoms with Crippen LogP contribution in [-0.2, 0) is 4.79 Å². The fourth-order valence-electron chi connectivity index (χ4n) is 3.80. The summed E-state index contributed by atoms with van der Waals surface area (Å²) in [5.41, 5.74) is 2.34. The van der Waals surface area contributed by atoms with Crippen LogP contribution in [0, 0.1) is 6.92 Å². The number of para-hydroxylation sites is 1. The van der Waals surface area contributed by atoms with Crippen molar-refractivity contribution in [2.75, 3.05) is 18.9 Å². The van der Waals surface area contributed by atoms with Crippen LogP contribution in [0.25, 0.3) is 0 Å². The first kappa shape index (κ1) is 21.1. The van der Waals surface area contributed by atoms with E-state index in [1.54, 1.807) is 0 Å². The molecule has 4 nitrogen and oxygen atoms in total. The van der Waals surface area contributed by atoms with E-state index in [9.17, 15) is 4.79 Å². The zero-order valence-electron chi connectivity index (χ0n) is 14.5. The first-order valence-corrected chi connectivity index (χ1v) is 8.44. The van der Waals surface area contributed by atoms with Gasteiger partial charge in [0.25, 0.3) is 0 Å². The van der Waals surface area contributed by atoms with Gasteiger partial charge in [0.05, 0.1) is 0 Å². The molecule has 0 radical (unpaired) electrons. The highest BCUT2D eigenvalue weighted by atomic mass is 35.5. The van der Waals surface area contributed by atoms with E-state index in [2.05, 4.69) is 29.7 Å². The lowest BCUT2D eigenvalue weighted by molar-refractivity contribution is -0.132. The van der Waals surface area contributed by atoms with Gasteiger partial charge in [-0.25, -0.2) is 0 Å². The van der Waals surface area contributed by atoms with E-state index in [0.717, 1.165) is 18.5 Å². The van der Waals surface area contributed by atoms with Gasteiger partial charge in [0.1, 0.15) is 0 Å². The summed E-state index contributed by atoms with van der Waals surface area (Å²) in [7, 11) is 1.98. The third kappa shape index (κ3) is 5.01. The molecule has 1 amide bonds. The Morgan fingerprint density at radius 2 is 1.83 bits per heavy atom. The maximum atomic E-state index is 12.4. The second-order valence-corrected chi connectivity index (χ2v) is 6.76. The number of benzene rings is 1. The van der Waals surface area contributed by atoms with Gasteiger partial charge in [-0.05, 0) is 44.2 Å². The monoisotopic (exact) mass is 373 g/mol. The summed E-state index contributed by atoms with van der Waals surface area (Å²) in [5.74, 6) is 0.257. The lowest BCUT2D eigenvalue weighted by Crippen LogP contribution is -2.48. The Hall–Kier alpha value is -0.970. The summed E-state index contributed by atoms with van der Waals surface area (Å²) in [6, 6.07) is 9.88. The van der Waals surface area contributed by atoms with Crippen molar-refractivity contribution in [3.05, 3.63) is 29.8 Å². The number of hydrogen-bond acceptors (Lipinski definition) is 3. The Morgan fingerprint density at radius 1 is 1.21 bits per heavy atom. The van der Waals surface area contributed by atoms with E-state index in [-0.39, 0.29) is 30.7 Å². The van der Waals surface area contributed by atoms with E-state index < -0.39 is 0 Å². The van der Waals surface area contributed by atoms with Crippen LogP contribution in [0.5, 0.6) is 0 Å². The Kier molecular flexibility index (Phi) is 8.34. The number of rotatable bonds is 5. The Bertz CT molecular complexity index is 529. The number of carbonyl (C=O) groups is 1. The third-order valence-corrected chi connectivity index (χ3v) is 5.19. The Labute approximate surface area is 157 Å². The van der Waals surface area contributed by atoms with Crippen LogP contribution in [-0.4, -0.2) is 42.5 Å². The molecule has 2 aliphatic rings. The van der Waals surface area contributed by atoms with Gasteiger partial charge in [0.15, 0.2) is 0 Å². The lowest BCUT2D eigenvalue weighted by atomic mass is 9.98. The van der Waals surface area contributed by atoms with E-state index in [1.165, 1.54) is 18.4 Å². The molecule has 2 heterocycles. The molecule has 1 aromatic carbocycles. The highest BCUT2D eigenvalue weighted by Crippen LogP contribution is 2.29. The van der Waals surface area contributed by atoms with Crippen LogP contribution < -0.4 is 10.6 Å². The molecule has 2 bridgehead atoms. The predicted octanol–water partition coefficient (Wildman–Crippen LogP) is 3.38. The van der Waals surface area contributed by atoms with Gasteiger partial charge in [0, 0.05) is 43.8 Å². The van der Waals surface area contributed by atoms with Crippen LogP contribution >= 0.6 is 24.8 Å². The first-order chi connectivity index (χ1) is 10.6. The molecule has 6 heteroatoms. The van der Waals surface area contributed by atoms with Crippen molar-refractivity contribution in [3.8, 4) is 0 Å². The SMILES string of the molecule is Cc1ccccc1NCCC(=O)N(C)C1CC2CCC(C1)N2.Cl.Cl. The van der Waals surface area contributed by atoms with Gasteiger partial charge in [0.2, 0.25) is 5.91 Å². The van der Waals surface area contributed by atoms with E-state index >= 15 is 0 Å². The minimum Gasteiger partial charge on any atom is -0.384 e. The number of hydrogen-bond donors (Lipinski definition) is 2. The number of fused-ring (bicyclic) bond motifs is 2. The molecule has 0 spiro atoms. The van der Waals surface area contributed by atoms with Gasteiger partial charge in [-0.15, -0.1) is 24.8 Å². The zero-order chi connectivity index (χ0) is 15.5. The quantitative estimate of drug-likeness (QED) is 0.831. The number of piperidine rings is 1. The van der Waals surface area contributed by atoms with Gasteiger partial charge >= 0.3 is 0 Å². The number of nitrogens with zero attached hydrogens (tertiary/aromatic N) is 1. The van der Waals surface area contributed by atoms with Crippen molar-refractivity contribution in [2.45, 2.75) is 57.2 Å². The smallest absolute Gasteiger partial charge is 0.224 e. The molecular weight excluding hydrogens is 345 g/mol. The number of amides is 1. The van der Waals surface area contributed by atoms with Gasteiger partial charge in [-0.1, -0.05) is 18.2 Å². The highest BCUT2D eigenvalue weighted by Gasteiger charge is 2.36. The second kappa shape index (κ2) is 9.50. The number of aryl methyl sites for hydroxylation is 1. The molecular formula is C18H29Cl2N3O. The molecule has 2 N–H and O–H groups in total. The molecule has 3 rings (SSSR count). The van der Waals surface area contributed by atoms with Crippen molar-refractivity contribution in [1.29, 1.82) is 0 Å². The van der Waals surface area contributed by atoms with Crippen molar-refractivity contribution >= 4 is 36.4 Å². The average molecular weight is 374 g/mol. The van der Waals surface area contributed by atoms with E-state index in [4.69, 9.17) is 0 Å². The number of carbonyl (C=O) groups excluding carboxylic acids is 1. The van der Waals surface area contributed by atoms with Crippen molar-refractivity contribution in [3.63, 3.8) is 0 Å². The molecule has 2 atom stereocenters. The number of nitrogens with one attached hydrogen (secondary N) is 2. The van der Waals surface area contributed by atoms with E-state index in [1.807, 2.05) is 24.1 Å². The fraction of sp³-hybridized carbons (Fsp3) is 0.611. The highest BCUT2D eigenvalue weighted by molar-refractivity contribution is 5.85. The molecule has 2 fully saturated rings. The lowest BCUT2D eigenvalue weighted by Gasteiger charge is -2.35. The van der Waals surface area contributed by atoms with Gasteiger partial charge < -0.3 is 15.5 Å². The summed E-state index contributed by atoms with van der Waals surface area (Å²) in [4.78, 5) is 14.4. The minimum atomic E-state index is 0. The molecule has 0 saturated carbocycles. The summed E-state index contributed by atoms with van der Waals surface area (Å²) in [6.07, 6.45) is 5.34. The normalized spacial score (nSPS) is 24.5. The Balaban J connectivity index is 0.00000144. The molecule has 24 heavy (non-hydrogen) atoms. The minimum absolute atomic E-state index is 0. The third-order valence-electron chi connectivity index (χ3n) is 5.19. The van der Waals surface area contributed by atoms with Crippen LogP contribution in [0.3, 0.4) is 0 Å². The van der Waals surface area contributed by atoms with Gasteiger partial charge in [-0.3, -0.25) is 4.79 Å². The fourth-order valence-corrected chi connectivity index (χ4v) is 3.80. The van der Waals surface area contributed by atoms with Crippen LogP contribution in [0.15, 0.2) is 24.3 Å². The second-order valence-electron chi connectivity index (χ2n) is 6.76. The maximum Gasteiger partial charge on any atom is 0.224 e. The molecule has 1 aromatic rings. The summed E-state index contributed by atoms with van der Waals surface area (Å²) in [6.45, 7) is 2.78. The molecule has 0 aromatic heterocycles. The van der Waals surface area contributed by atoms with Crippen LogP contribution in [0.1, 0.15) is 37.7 Å². The van der Waals surface area contributed by atoms with Crippen LogP contribution in [0.4, 0.5) is 5.69 Å². The number of halogens is 2. The summed E-state index contributed by atoms with van der Waals surface area (Å²) < 4.78 is 0. The number of anilines is 1. The van der Waals surface area contributed by atoms with Crippen molar-refractivity contribution in [2.24, 2.45) is 0 Å². The molecule has 2 saturated heterocycles. The largest absolute Gasteiger partial charge is 0.384 e. The standard InChI is InChI=1S/C18H27N3O.2ClH/c1-13-5-3-4-6-17(13)19-10-9-18(22)21(2)16-11-14-7-8-15(12-16)20-14;;/h3-6,14-16,19-20H,7-12H2,1-2H3;2*1H. The zero-order valence-corrected chi connectivity index (χ0v) is 16.1.